The lowest BCUT2D eigenvalue weighted by atomic mass is 10.0. The lowest BCUT2D eigenvalue weighted by molar-refractivity contribution is 0.393. The molecule has 2 aromatic heterocycles. The Kier molecular flexibility index (Phi) is 3.63. The Morgan fingerprint density at radius 3 is 2.69 bits per heavy atom. The second-order valence-electron chi connectivity index (χ2n) is 6.89. The van der Waals surface area contributed by atoms with Gasteiger partial charge >= 0.3 is 0 Å². The van der Waals surface area contributed by atoms with Crippen molar-refractivity contribution in [3.63, 3.8) is 0 Å². The summed E-state index contributed by atoms with van der Waals surface area (Å²) in [4.78, 5) is 4.55. The van der Waals surface area contributed by atoms with Gasteiger partial charge < -0.3 is 4.52 Å². The molecule has 1 aromatic carbocycles. The zero-order valence-electron chi connectivity index (χ0n) is 14.5. The number of aromatic nitrogens is 2. The van der Waals surface area contributed by atoms with Crippen molar-refractivity contribution in [3.8, 4) is 17.2 Å². The molecule has 0 radical (unpaired) electrons. The lowest BCUT2D eigenvalue weighted by Gasteiger charge is -2.12. The monoisotopic (exact) mass is 367 g/mol. The zero-order valence-corrected chi connectivity index (χ0v) is 15.3. The summed E-state index contributed by atoms with van der Waals surface area (Å²) in [6.45, 7) is 3.61. The minimum Gasteiger partial charge on any atom is -0.361 e. The highest BCUT2D eigenvalue weighted by atomic mass is 32.2. The van der Waals surface area contributed by atoms with E-state index in [9.17, 15) is 13.7 Å². The van der Waals surface area contributed by atoms with Crippen molar-refractivity contribution in [3.05, 3.63) is 41.9 Å². The molecule has 26 heavy (non-hydrogen) atoms. The standard InChI is InChI=1S/C19H17N3O3S/c1-12-18(13(2)25-22-12)14-8-16-15(4-3-7-21-16)17(9-14)26(23,24)11-19(10-20)5-6-19/h3-4,7-9H,5-6,11H2,1-2H3. The van der Waals surface area contributed by atoms with Gasteiger partial charge in [-0.05, 0) is 56.5 Å². The highest BCUT2D eigenvalue weighted by Gasteiger charge is 2.47. The van der Waals surface area contributed by atoms with Crippen LogP contribution in [0.1, 0.15) is 24.3 Å². The van der Waals surface area contributed by atoms with E-state index >= 15 is 0 Å². The molecule has 3 aromatic rings. The molecule has 1 aliphatic rings. The normalized spacial score (nSPS) is 15.7. The van der Waals surface area contributed by atoms with Crippen LogP contribution in [-0.2, 0) is 9.84 Å². The van der Waals surface area contributed by atoms with E-state index in [0.717, 1.165) is 5.56 Å². The molecule has 1 saturated carbocycles. The summed E-state index contributed by atoms with van der Waals surface area (Å²) in [7, 11) is -3.65. The molecule has 0 unspecified atom stereocenters. The Bertz CT molecular complexity index is 1150. The van der Waals surface area contributed by atoms with Gasteiger partial charge in [-0.25, -0.2) is 8.42 Å². The average Bonchev–Trinajstić information content (AvgIpc) is 3.30. The van der Waals surface area contributed by atoms with E-state index in [2.05, 4.69) is 16.2 Å². The van der Waals surface area contributed by atoms with E-state index in [0.29, 0.717) is 40.8 Å². The Labute approximate surface area is 151 Å². The van der Waals surface area contributed by atoms with Crippen LogP contribution in [0.15, 0.2) is 39.9 Å². The van der Waals surface area contributed by atoms with Crippen LogP contribution in [-0.4, -0.2) is 24.3 Å². The van der Waals surface area contributed by atoms with Crippen LogP contribution < -0.4 is 0 Å². The molecule has 0 atom stereocenters. The zero-order chi connectivity index (χ0) is 18.5. The fourth-order valence-electron chi connectivity index (χ4n) is 3.33. The van der Waals surface area contributed by atoms with Gasteiger partial charge in [0.2, 0.25) is 0 Å². The van der Waals surface area contributed by atoms with Crippen molar-refractivity contribution in [2.45, 2.75) is 31.6 Å². The summed E-state index contributed by atoms with van der Waals surface area (Å²) in [6, 6.07) is 9.13. The Hall–Kier alpha value is -2.72. The van der Waals surface area contributed by atoms with Crippen LogP contribution in [0, 0.1) is 30.6 Å². The molecule has 0 aliphatic heterocycles. The summed E-state index contributed by atoms with van der Waals surface area (Å²) < 4.78 is 31.5. The van der Waals surface area contributed by atoms with E-state index < -0.39 is 15.3 Å². The van der Waals surface area contributed by atoms with Crippen molar-refractivity contribution < 1.29 is 12.9 Å². The van der Waals surface area contributed by atoms with Gasteiger partial charge in [-0.1, -0.05) is 5.16 Å². The van der Waals surface area contributed by atoms with Crippen LogP contribution >= 0.6 is 0 Å². The molecular formula is C19H17N3O3S. The molecular weight excluding hydrogens is 350 g/mol. The molecule has 0 saturated heterocycles. The van der Waals surface area contributed by atoms with Crippen LogP contribution in [0.3, 0.4) is 0 Å². The molecule has 2 heterocycles. The predicted octanol–water partition coefficient (Wildman–Crippen LogP) is 3.58. The van der Waals surface area contributed by atoms with Crippen molar-refractivity contribution in [1.29, 1.82) is 5.26 Å². The molecule has 4 rings (SSSR count). The number of hydrogen-bond acceptors (Lipinski definition) is 6. The molecule has 0 amide bonds. The maximum atomic E-state index is 13.1. The van der Waals surface area contributed by atoms with E-state index in [1.807, 2.05) is 13.0 Å². The maximum absolute atomic E-state index is 13.1. The van der Waals surface area contributed by atoms with Gasteiger partial charge in [0.1, 0.15) is 5.76 Å². The smallest absolute Gasteiger partial charge is 0.180 e. The van der Waals surface area contributed by atoms with E-state index in [1.165, 1.54) is 0 Å². The molecule has 132 valence electrons. The third-order valence-electron chi connectivity index (χ3n) is 4.90. The quantitative estimate of drug-likeness (QED) is 0.699. The fourth-order valence-corrected chi connectivity index (χ4v) is 5.38. The minimum absolute atomic E-state index is 0.161. The number of fused-ring (bicyclic) bond motifs is 1. The SMILES string of the molecule is Cc1noc(C)c1-c1cc(S(=O)(=O)CC2(C#N)CC2)c2cccnc2c1. The number of sulfone groups is 1. The summed E-state index contributed by atoms with van der Waals surface area (Å²) in [5.74, 6) is 0.461. The summed E-state index contributed by atoms with van der Waals surface area (Å²) in [5, 5.41) is 13.8. The first-order valence-electron chi connectivity index (χ1n) is 8.31. The van der Waals surface area contributed by atoms with Crippen LogP contribution in [0.25, 0.3) is 22.0 Å². The molecule has 0 N–H and O–H groups in total. The van der Waals surface area contributed by atoms with Crippen molar-refractivity contribution in [1.82, 2.24) is 10.1 Å². The first kappa shape index (κ1) is 16.7. The summed E-state index contributed by atoms with van der Waals surface area (Å²) in [5.41, 5.74) is 2.01. The van der Waals surface area contributed by atoms with Gasteiger partial charge in [0.25, 0.3) is 0 Å². The molecule has 6 nitrogen and oxygen atoms in total. The second kappa shape index (κ2) is 5.64. The van der Waals surface area contributed by atoms with Crippen LogP contribution in [0.2, 0.25) is 0 Å². The highest BCUT2D eigenvalue weighted by molar-refractivity contribution is 7.91. The number of aryl methyl sites for hydroxylation is 2. The summed E-state index contributed by atoms with van der Waals surface area (Å²) >= 11 is 0. The number of benzene rings is 1. The number of pyridine rings is 1. The van der Waals surface area contributed by atoms with Crippen molar-refractivity contribution >= 4 is 20.7 Å². The maximum Gasteiger partial charge on any atom is 0.180 e. The number of nitriles is 1. The Morgan fingerprint density at radius 2 is 2.08 bits per heavy atom. The van der Waals surface area contributed by atoms with Crippen molar-refractivity contribution in [2.24, 2.45) is 5.41 Å². The third-order valence-corrected chi connectivity index (χ3v) is 6.84. The molecule has 0 bridgehead atoms. The van der Waals surface area contributed by atoms with Gasteiger partial charge in [-0.3, -0.25) is 4.98 Å². The first-order valence-corrected chi connectivity index (χ1v) is 9.96. The van der Waals surface area contributed by atoms with E-state index in [4.69, 9.17) is 4.52 Å². The number of hydrogen-bond donors (Lipinski definition) is 0. The average molecular weight is 367 g/mol. The third kappa shape index (κ3) is 2.67. The van der Waals surface area contributed by atoms with Gasteiger partial charge in [0, 0.05) is 17.1 Å². The molecule has 7 heteroatoms. The first-order chi connectivity index (χ1) is 12.4. The molecule has 1 aliphatic carbocycles. The van der Waals surface area contributed by atoms with Gasteiger partial charge in [-0.2, -0.15) is 5.26 Å². The lowest BCUT2D eigenvalue weighted by Crippen LogP contribution is -2.16. The van der Waals surface area contributed by atoms with E-state index in [1.54, 1.807) is 31.3 Å². The summed E-state index contributed by atoms with van der Waals surface area (Å²) in [6.07, 6.45) is 2.89. The Balaban J connectivity index is 1.95. The predicted molar refractivity (Wildman–Crippen MR) is 96.0 cm³/mol. The van der Waals surface area contributed by atoms with Gasteiger partial charge in [0.05, 0.1) is 33.3 Å². The van der Waals surface area contributed by atoms with Crippen LogP contribution in [0.5, 0.6) is 0 Å². The largest absolute Gasteiger partial charge is 0.361 e. The number of rotatable bonds is 4. The van der Waals surface area contributed by atoms with Crippen molar-refractivity contribution in [2.75, 3.05) is 5.75 Å². The Morgan fingerprint density at radius 1 is 1.31 bits per heavy atom. The highest BCUT2D eigenvalue weighted by Crippen LogP contribution is 2.47. The van der Waals surface area contributed by atoms with Crippen LogP contribution in [0.4, 0.5) is 0 Å². The fraction of sp³-hybridized carbons (Fsp3) is 0.316. The molecule has 1 fully saturated rings. The minimum atomic E-state index is -3.65. The topological polar surface area (TPSA) is 96.9 Å². The number of nitrogens with zero attached hydrogens (tertiary/aromatic N) is 3. The van der Waals surface area contributed by atoms with Gasteiger partial charge in [0.15, 0.2) is 9.84 Å². The molecule has 0 spiro atoms. The van der Waals surface area contributed by atoms with E-state index in [-0.39, 0.29) is 10.6 Å². The second-order valence-corrected chi connectivity index (χ2v) is 8.85. The van der Waals surface area contributed by atoms with Gasteiger partial charge in [-0.15, -0.1) is 0 Å².